The van der Waals surface area contributed by atoms with Gasteiger partial charge in [-0.3, -0.25) is 0 Å². The molecule has 1 N–H and O–H groups in total. The average Bonchev–Trinajstić information content (AvgIpc) is 2.42. The van der Waals surface area contributed by atoms with E-state index < -0.39 is 0 Å². The minimum absolute atomic E-state index is 0.236. The Bertz CT molecular complexity index is 408. The van der Waals surface area contributed by atoms with Crippen LogP contribution in [0.3, 0.4) is 0 Å². The Morgan fingerprint density at radius 1 is 0.905 bits per heavy atom. The molecule has 0 aliphatic rings. The van der Waals surface area contributed by atoms with Crippen LogP contribution >= 0.6 is 0 Å². The second-order valence-corrected chi connectivity index (χ2v) is 6.96. The van der Waals surface area contributed by atoms with Crippen molar-refractivity contribution in [3.05, 3.63) is 22.8 Å². The van der Waals surface area contributed by atoms with Crippen molar-refractivity contribution in [3.8, 4) is 0 Å². The van der Waals surface area contributed by atoms with Crippen molar-refractivity contribution in [2.75, 3.05) is 13.1 Å². The predicted octanol–water partition coefficient (Wildman–Crippen LogP) is 3.73. The summed E-state index contributed by atoms with van der Waals surface area (Å²) in [6, 6.07) is 0. The molecule has 0 bridgehead atoms. The number of nitrogens with zero attached hydrogens (tertiary/aromatic N) is 2. The summed E-state index contributed by atoms with van der Waals surface area (Å²) in [6.07, 6.45) is 5.16. The first-order valence-corrected chi connectivity index (χ1v) is 8.49. The molecule has 120 valence electrons. The minimum atomic E-state index is 0.236. The van der Waals surface area contributed by atoms with Gasteiger partial charge in [0.25, 0.3) is 0 Å². The highest BCUT2D eigenvalue weighted by molar-refractivity contribution is 5.27. The summed E-state index contributed by atoms with van der Waals surface area (Å²) in [7, 11) is 0. The van der Waals surface area contributed by atoms with Crippen LogP contribution < -0.4 is 5.32 Å². The predicted molar refractivity (Wildman–Crippen MR) is 90.8 cm³/mol. The summed E-state index contributed by atoms with van der Waals surface area (Å²) in [6.45, 7) is 15.5. The molecule has 0 saturated heterocycles. The maximum Gasteiger partial charge on any atom is 0.129 e. The number of aromatic nitrogens is 2. The summed E-state index contributed by atoms with van der Waals surface area (Å²) < 4.78 is 0. The van der Waals surface area contributed by atoms with Crippen molar-refractivity contribution in [1.29, 1.82) is 0 Å². The third-order valence-electron chi connectivity index (χ3n) is 3.56. The molecule has 0 aliphatic carbocycles. The fourth-order valence-electron chi connectivity index (χ4n) is 2.58. The van der Waals surface area contributed by atoms with Gasteiger partial charge in [0, 0.05) is 17.8 Å². The summed E-state index contributed by atoms with van der Waals surface area (Å²) in [5, 5.41) is 3.48. The lowest BCUT2D eigenvalue weighted by molar-refractivity contribution is 0.399. The number of rotatable bonds is 8. The fourth-order valence-corrected chi connectivity index (χ4v) is 2.58. The van der Waals surface area contributed by atoms with Gasteiger partial charge in [-0.1, -0.05) is 41.5 Å². The van der Waals surface area contributed by atoms with Crippen LogP contribution in [0.25, 0.3) is 0 Å². The van der Waals surface area contributed by atoms with E-state index in [1.165, 1.54) is 23.4 Å². The molecule has 0 aromatic carbocycles. The van der Waals surface area contributed by atoms with Crippen molar-refractivity contribution in [1.82, 2.24) is 15.3 Å². The van der Waals surface area contributed by atoms with Crippen LogP contribution in [0.15, 0.2) is 0 Å². The van der Waals surface area contributed by atoms with Crippen molar-refractivity contribution in [2.24, 2.45) is 5.41 Å². The van der Waals surface area contributed by atoms with E-state index in [1.807, 2.05) is 0 Å². The molecule has 0 atom stereocenters. The first-order valence-electron chi connectivity index (χ1n) is 8.49. The normalized spacial score (nSPS) is 11.9. The van der Waals surface area contributed by atoms with E-state index in [1.54, 1.807) is 0 Å². The highest BCUT2D eigenvalue weighted by Crippen LogP contribution is 2.21. The van der Waals surface area contributed by atoms with Crippen molar-refractivity contribution in [3.63, 3.8) is 0 Å². The third kappa shape index (κ3) is 6.13. The lowest BCUT2D eigenvalue weighted by Gasteiger charge is -2.19. The topological polar surface area (TPSA) is 37.8 Å². The SMILES string of the molecule is CCCNCCc1c(CC)nc(CC(C)(C)C)nc1CC. The molecule has 1 heterocycles. The number of nitrogens with one attached hydrogen (secondary N) is 1. The zero-order chi connectivity index (χ0) is 15.9. The van der Waals surface area contributed by atoms with Gasteiger partial charge in [-0.05, 0) is 49.8 Å². The Labute approximate surface area is 131 Å². The van der Waals surface area contributed by atoms with Crippen molar-refractivity contribution < 1.29 is 0 Å². The molecule has 1 rings (SSSR count). The van der Waals surface area contributed by atoms with Crippen molar-refractivity contribution in [2.45, 2.75) is 73.6 Å². The highest BCUT2D eigenvalue weighted by atomic mass is 14.9. The average molecular weight is 291 g/mol. The first-order chi connectivity index (χ1) is 9.91. The van der Waals surface area contributed by atoms with Gasteiger partial charge in [0.15, 0.2) is 0 Å². The standard InChI is InChI=1S/C18H33N3/c1-7-11-19-12-10-14-15(8-2)20-17(13-18(4,5)6)21-16(14)9-3/h19H,7-13H2,1-6H3. The smallest absolute Gasteiger partial charge is 0.129 e. The Balaban J connectivity index is 2.95. The molecule has 0 fully saturated rings. The van der Waals surface area contributed by atoms with Gasteiger partial charge in [-0.2, -0.15) is 0 Å². The maximum atomic E-state index is 4.85. The Hall–Kier alpha value is -0.960. The number of hydrogen-bond acceptors (Lipinski definition) is 3. The van der Waals surface area contributed by atoms with Crippen LogP contribution in [0.4, 0.5) is 0 Å². The molecular weight excluding hydrogens is 258 g/mol. The zero-order valence-corrected chi connectivity index (χ0v) is 14.8. The minimum Gasteiger partial charge on any atom is -0.316 e. The summed E-state index contributed by atoms with van der Waals surface area (Å²) >= 11 is 0. The summed E-state index contributed by atoms with van der Waals surface area (Å²) in [5.41, 5.74) is 4.11. The highest BCUT2D eigenvalue weighted by Gasteiger charge is 2.17. The number of hydrogen-bond donors (Lipinski definition) is 1. The van der Waals surface area contributed by atoms with Gasteiger partial charge in [-0.25, -0.2) is 9.97 Å². The molecule has 3 heteroatoms. The van der Waals surface area contributed by atoms with E-state index in [9.17, 15) is 0 Å². The lowest BCUT2D eigenvalue weighted by Crippen LogP contribution is -2.21. The quantitative estimate of drug-likeness (QED) is 0.742. The van der Waals surface area contributed by atoms with Crippen LogP contribution in [-0.4, -0.2) is 23.1 Å². The van der Waals surface area contributed by atoms with Gasteiger partial charge >= 0.3 is 0 Å². The Morgan fingerprint density at radius 2 is 1.48 bits per heavy atom. The monoisotopic (exact) mass is 291 g/mol. The van der Waals surface area contributed by atoms with E-state index in [4.69, 9.17) is 9.97 Å². The second kappa shape index (κ2) is 8.47. The first kappa shape index (κ1) is 18.1. The van der Waals surface area contributed by atoms with Crippen LogP contribution in [-0.2, 0) is 25.7 Å². The van der Waals surface area contributed by atoms with Gasteiger partial charge in [0.1, 0.15) is 5.82 Å². The molecular formula is C18H33N3. The van der Waals surface area contributed by atoms with Gasteiger partial charge < -0.3 is 5.32 Å². The molecule has 0 amide bonds. The molecule has 3 nitrogen and oxygen atoms in total. The molecule has 1 aromatic rings. The van der Waals surface area contributed by atoms with Gasteiger partial charge in [0.05, 0.1) is 0 Å². The largest absolute Gasteiger partial charge is 0.316 e. The molecule has 0 unspecified atom stereocenters. The molecule has 0 aliphatic heterocycles. The van der Waals surface area contributed by atoms with Gasteiger partial charge in [0.2, 0.25) is 0 Å². The van der Waals surface area contributed by atoms with E-state index in [0.717, 1.165) is 44.6 Å². The molecule has 0 radical (unpaired) electrons. The van der Waals surface area contributed by atoms with Gasteiger partial charge in [-0.15, -0.1) is 0 Å². The van der Waals surface area contributed by atoms with E-state index in [-0.39, 0.29) is 5.41 Å². The zero-order valence-electron chi connectivity index (χ0n) is 14.8. The molecule has 0 spiro atoms. The molecule has 0 saturated carbocycles. The lowest BCUT2D eigenvalue weighted by atomic mass is 9.91. The van der Waals surface area contributed by atoms with Crippen molar-refractivity contribution >= 4 is 0 Å². The van der Waals surface area contributed by atoms with E-state index in [2.05, 4.69) is 46.9 Å². The van der Waals surface area contributed by atoms with Crippen LogP contribution in [0.5, 0.6) is 0 Å². The Morgan fingerprint density at radius 3 is 1.90 bits per heavy atom. The third-order valence-corrected chi connectivity index (χ3v) is 3.56. The number of aryl methyl sites for hydroxylation is 2. The second-order valence-electron chi connectivity index (χ2n) is 6.96. The molecule has 1 aromatic heterocycles. The summed E-state index contributed by atoms with van der Waals surface area (Å²) in [4.78, 5) is 9.69. The summed E-state index contributed by atoms with van der Waals surface area (Å²) in [5.74, 6) is 1.02. The molecule has 21 heavy (non-hydrogen) atoms. The van der Waals surface area contributed by atoms with Crippen LogP contribution in [0, 0.1) is 5.41 Å². The van der Waals surface area contributed by atoms with Crippen LogP contribution in [0.1, 0.15) is 70.7 Å². The van der Waals surface area contributed by atoms with E-state index in [0.29, 0.717) is 0 Å². The maximum absolute atomic E-state index is 4.85. The van der Waals surface area contributed by atoms with E-state index >= 15 is 0 Å². The van der Waals surface area contributed by atoms with Crippen LogP contribution in [0.2, 0.25) is 0 Å². The Kier molecular flexibility index (Phi) is 7.30. The fraction of sp³-hybridized carbons (Fsp3) is 0.778.